The number of pyridine rings is 1. The molecule has 1 saturated heterocycles. The lowest BCUT2D eigenvalue weighted by molar-refractivity contribution is 0.102. The van der Waals surface area contributed by atoms with Gasteiger partial charge in [0.25, 0.3) is 5.91 Å². The van der Waals surface area contributed by atoms with E-state index < -0.39 is 0 Å². The lowest BCUT2D eigenvalue weighted by atomic mass is 10.2. The number of hydrogen-bond donors (Lipinski definition) is 1. The number of piperazine rings is 1. The number of ether oxygens (including phenoxy) is 1. The van der Waals surface area contributed by atoms with Crippen LogP contribution in [0.15, 0.2) is 61.1 Å². The molecule has 0 atom stereocenters. The molecule has 0 spiro atoms. The minimum atomic E-state index is -0.171. The zero-order valence-electron chi connectivity index (χ0n) is 16.2. The summed E-state index contributed by atoms with van der Waals surface area (Å²) in [6, 6.07) is 12.6. The van der Waals surface area contributed by atoms with Crippen LogP contribution in [0.25, 0.3) is 0 Å². The number of amides is 1. The normalized spacial score (nSPS) is 13.8. The maximum Gasteiger partial charge on any atom is 0.255 e. The Hall–Kier alpha value is -3.68. The molecule has 148 valence electrons. The van der Waals surface area contributed by atoms with E-state index in [0.717, 1.165) is 43.7 Å². The van der Waals surface area contributed by atoms with Crippen molar-refractivity contribution in [3.63, 3.8) is 0 Å². The minimum Gasteiger partial charge on any atom is -0.497 e. The first-order valence-corrected chi connectivity index (χ1v) is 9.41. The first-order valence-electron chi connectivity index (χ1n) is 9.41. The molecule has 0 aliphatic carbocycles. The van der Waals surface area contributed by atoms with E-state index >= 15 is 0 Å². The molecule has 1 N–H and O–H groups in total. The van der Waals surface area contributed by atoms with Gasteiger partial charge in [-0.05, 0) is 42.5 Å². The van der Waals surface area contributed by atoms with Gasteiger partial charge in [-0.25, -0.2) is 15.0 Å². The minimum absolute atomic E-state index is 0.171. The molecule has 4 rings (SSSR count). The summed E-state index contributed by atoms with van der Waals surface area (Å²) in [5, 5.41) is 2.90. The molecule has 8 nitrogen and oxygen atoms in total. The second kappa shape index (κ2) is 8.55. The van der Waals surface area contributed by atoms with Crippen LogP contribution in [-0.4, -0.2) is 54.1 Å². The summed E-state index contributed by atoms with van der Waals surface area (Å²) in [5.41, 5.74) is 1.28. The molecule has 1 aromatic carbocycles. The maximum absolute atomic E-state index is 12.6. The molecule has 1 fully saturated rings. The standard InChI is InChI=1S/C21H22N6O2/c1-29-18-5-3-17(4-6-18)25-20(28)16-7-10-22-19(15-16)26-11-13-27(14-12-26)21-23-8-2-9-24-21/h2-10,15H,11-14H2,1H3,(H,25,28). The highest BCUT2D eigenvalue weighted by atomic mass is 16.5. The van der Waals surface area contributed by atoms with Gasteiger partial charge in [-0.15, -0.1) is 0 Å². The topological polar surface area (TPSA) is 83.5 Å². The van der Waals surface area contributed by atoms with Gasteiger partial charge in [0, 0.05) is 56.0 Å². The van der Waals surface area contributed by atoms with Gasteiger partial charge in [-0.2, -0.15) is 0 Å². The van der Waals surface area contributed by atoms with E-state index in [0.29, 0.717) is 11.3 Å². The molecule has 0 radical (unpaired) electrons. The number of methoxy groups -OCH3 is 1. The highest BCUT2D eigenvalue weighted by molar-refractivity contribution is 6.04. The van der Waals surface area contributed by atoms with E-state index in [9.17, 15) is 4.79 Å². The van der Waals surface area contributed by atoms with Crippen molar-refractivity contribution < 1.29 is 9.53 Å². The second-order valence-corrected chi connectivity index (χ2v) is 6.61. The molecule has 8 heteroatoms. The summed E-state index contributed by atoms with van der Waals surface area (Å²) >= 11 is 0. The fraction of sp³-hybridized carbons (Fsp3) is 0.238. The van der Waals surface area contributed by atoms with Gasteiger partial charge in [0.15, 0.2) is 0 Å². The smallest absolute Gasteiger partial charge is 0.255 e. The molecule has 1 aliphatic rings. The van der Waals surface area contributed by atoms with Crippen molar-refractivity contribution in [1.29, 1.82) is 0 Å². The zero-order chi connectivity index (χ0) is 20.1. The molecular formula is C21H22N6O2. The van der Waals surface area contributed by atoms with Gasteiger partial charge < -0.3 is 19.9 Å². The number of rotatable bonds is 5. The molecule has 3 aromatic rings. The number of carbonyl (C=O) groups excluding carboxylic acids is 1. The highest BCUT2D eigenvalue weighted by Gasteiger charge is 2.20. The Labute approximate surface area is 169 Å². The van der Waals surface area contributed by atoms with E-state index in [2.05, 4.69) is 30.1 Å². The number of nitrogens with one attached hydrogen (secondary N) is 1. The van der Waals surface area contributed by atoms with Crippen molar-refractivity contribution in [2.45, 2.75) is 0 Å². The average Bonchev–Trinajstić information content (AvgIpc) is 2.80. The molecule has 1 amide bonds. The Morgan fingerprint density at radius 1 is 0.931 bits per heavy atom. The summed E-state index contributed by atoms with van der Waals surface area (Å²) in [5.74, 6) is 2.11. The van der Waals surface area contributed by atoms with Crippen molar-refractivity contribution >= 4 is 23.4 Å². The van der Waals surface area contributed by atoms with Crippen LogP contribution < -0.4 is 19.9 Å². The van der Waals surface area contributed by atoms with E-state index in [1.165, 1.54) is 0 Å². The first kappa shape index (κ1) is 18.7. The van der Waals surface area contributed by atoms with Crippen molar-refractivity contribution in [3.8, 4) is 5.75 Å². The maximum atomic E-state index is 12.6. The van der Waals surface area contributed by atoms with Gasteiger partial charge in [-0.1, -0.05) is 0 Å². The summed E-state index contributed by atoms with van der Waals surface area (Å²) in [6.07, 6.45) is 5.17. The summed E-state index contributed by atoms with van der Waals surface area (Å²) in [4.78, 5) is 30.0. The van der Waals surface area contributed by atoms with Gasteiger partial charge in [0.05, 0.1) is 7.11 Å². The highest BCUT2D eigenvalue weighted by Crippen LogP contribution is 2.19. The number of aromatic nitrogens is 3. The molecular weight excluding hydrogens is 368 g/mol. The predicted molar refractivity (Wildman–Crippen MR) is 112 cm³/mol. The van der Waals surface area contributed by atoms with Gasteiger partial charge in [0.1, 0.15) is 11.6 Å². The van der Waals surface area contributed by atoms with Gasteiger partial charge in [-0.3, -0.25) is 4.79 Å². The van der Waals surface area contributed by atoms with Crippen LogP contribution in [-0.2, 0) is 0 Å². The van der Waals surface area contributed by atoms with Crippen LogP contribution in [0, 0.1) is 0 Å². The lowest BCUT2D eigenvalue weighted by Gasteiger charge is -2.35. The predicted octanol–water partition coefficient (Wildman–Crippen LogP) is 2.46. The number of hydrogen-bond acceptors (Lipinski definition) is 7. The third-order valence-electron chi connectivity index (χ3n) is 4.79. The van der Waals surface area contributed by atoms with E-state index in [1.54, 1.807) is 31.8 Å². The SMILES string of the molecule is COc1ccc(NC(=O)c2ccnc(N3CCN(c4ncccn4)CC3)c2)cc1. The van der Waals surface area contributed by atoms with Crippen LogP contribution >= 0.6 is 0 Å². The summed E-state index contributed by atoms with van der Waals surface area (Å²) in [7, 11) is 1.61. The van der Waals surface area contributed by atoms with Crippen molar-refractivity contribution in [2.75, 3.05) is 48.4 Å². The van der Waals surface area contributed by atoms with Crippen molar-refractivity contribution in [3.05, 3.63) is 66.6 Å². The average molecular weight is 390 g/mol. The van der Waals surface area contributed by atoms with Crippen molar-refractivity contribution in [2.24, 2.45) is 0 Å². The molecule has 0 bridgehead atoms. The zero-order valence-corrected chi connectivity index (χ0v) is 16.2. The molecule has 2 aromatic heterocycles. The van der Waals surface area contributed by atoms with Gasteiger partial charge in [0.2, 0.25) is 5.95 Å². The van der Waals surface area contributed by atoms with E-state index in [-0.39, 0.29) is 5.91 Å². The van der Waals surface area contributed by atoms with Crippen LogP contribution in [0.2, 0.25) is 0 Å². The van der Waals surface area contributed by atoms with E-state index in [4.69, 9.17) is 4.74 Å². The Kier molecular flexibility index (Phi) is 5.51. The lowest BCUT2D eigenvalue weighted by Crippen LogP contribution is -2.47. The Balaban J connectivity index is 1.40. The Morgan fingerprint density at radius 2 is 1.62 bits per heavy atom. The number of anilines is 3. The Bertz CT molecular complexity index is 956. The third kappa shape index (κ3) is 4.43. The largest absolute Gasteiger partial charge is 0.497 e. The molecule has 0 unspecified atom stereocenters. The molecule has 3 heterocycles. The van der Waals surface area contributed by atoms with Crippen LogP contribution in [0.3, 0.4) is 0 Å². The van der Waals surface area contributed by atoms with Crippen LogP contribution in [0.5, 0.6) is 5.75 Å². The molecule has 1 aliphatic heterocycles. The molecule has 29 heavy (non-hydrogen) atoms. The van der Waals surface area contributed by atoms with Crippen LogP contribution in [0.4, 0.5) is 17.5 Å². The second-order valence-electron chi connectivity index (χ2n) is 6.61. The fourth-order valence-corrected chi connectivity index (χ4v) is 3.20. The molecule has 0 saturated carbocycles. The van der Waals surface area contributed by atoms with E-state index in [1.807, 2.05) is 36.4 Å². The van der Waals surface area contributed by atoms with Crippen LogP contribution in [0.1, 0.15) is 10.4 Å². The summed E-state index contributed by atoms with van der Waals surface area (Å²) in [6.45, 7) is 3.17. The Morgan fingerprint density at radius 3 is 2.31 bits per heavy atom. The first-order chi connectivity index (χ1) is 14.2. The van der Waals surface area contributed by atoms with Gasteiger partial charge >= 0.3 is 0 Å². The van der Waals surface area contributed by atoms with Crippen molar-refractivity contribution in [1.82, 2.24) is 15.0 Å². The fourth-order valence-electron chi connectivity index (χ4n) is 3.20. The number of carbonyl (C=O) groups is 1. The quantitative estimate of drug-likeness (QED) is 0.716. The monoisotopic (exact) mass is 390 g/mol. The number of nitrogens with zero attached hydrogens (tertiary/aromatic N) is 5. The summed E-state index contributed by atoms with van der Waals surface area (Å²) < 4.78 is 5.14. The third-order valence-corrected chi connectivity index (χ3v) is 4.79. The number of benzene rings is 1.